The molecule has 0 aromatic heterocycles. The molecule has 0 atom stereocenters. The third kappa shape index (κ3) is 3.78. The maximum absolute atomic E-state index is 11.8. The zero-order valence-electron chi connectivity index (χ0n) is 9.51. The van der Waals surface area contributed by atoms with Crippen molar-refractivity contribution in [2.24, 2.45) is 5.92 Å². The van der Waals surface area contributed by atoms with Crippen LogP contribution in [0.25, 0.3) is 0 Å². The van der Waals surface area contributed by atoms with E-state index in [1.165, 1.54) is 0 Å². The number of rotatable bonds is 4. The topological polar surface area (TPSA) is 17.1 Å². The van der Waals surface area contributed by atoms with Crippen LogP contribution in [0.4, 0.5) is 0 Å². The fraction of sp³-hybridized carbons (Fsp3) is 0.462. The molecule has 0 amide bonds. The molecular weight excluding hydrogens is 252 g/mol. The fourth-order valence-electron chi connectivity index (χ4n) is 1.33. The Morgan fingerprint density at radius 2 is 2.07 bits per heavy atom. The van der Waals surface area contributed by atoms with Gasteiger partial charge in [-0.15, -0.1) is 0 Å². The maximum Gasteiger partial charge on any atom is 0.162 e. The number of halogens is 1. The Labute approximate surface area is 100 Å². The number of hydrogen-bond acceptors (Lipinski definition) is 1. The van der Waals surface area contributed by atoms with Crippen molar-refractivity contribution in [3.05, 3.63) is 33.8 Å². The molecule has 0 fully saturated rings. The lowest BCUT2D eigenvalue weighted by Gasteiger charge is -2.05. The summed E-state index contributed by atoms with van der Waals surface area (Å²) in [5.74, 6) is 0.826. The molecule has 15 heavy (non-hydrogen) atoms. The van der Waals surface area contributed by atoms with Crippen molar-refractivity contribution < 1.29 is 4.79 Å². The Kier molecular flexibility index (Phi) is 4.52. The molecule has 0 saturated carbocycles. The molecule has 0 bridgehead atoms. The summed E-state index contributed by atoms with van der Waals surface area (Å²) >= 11 is 3.44. The Hall–Kier alpha value is -0.630. The fourth-order valence-corrected chi connectivity index (χ4v) is 1.71. The van der Waals surface area contributed by atoms with Gasteiger partial charge in [-0.05, 0) is 30.9 Å². The van der Waals surface area contributed by atoms with Crippen LogP contribution >= 0.6 is 15.9 Å². The molecule has 0 saturated heterocycles. The van der Waals surface area contributed by atoms with E-state index in [2.05, 4.69) is 29.8 Å². The number of carbonyl (C=O) groups excluding carboxylic acids is 1. The molecule has 2 heteroatoms. The minimum absolute atomic E-state index is 0.240. The van der Waals surface area contributed by atoms with E-state index in [-0.39, 0.29) is 5.78 Å². The second-order valence-electron chi connectivity index (χ2n) is 4.32. The van der Waals surface area contributed by atoms with Gasteiger partial charge in [0.2, 0.25) is 0 Å². The lowest BCUT2D eigenvalue weighted by molar-refractivity contribution is 0.0975. The minimum atomic E-state index is 0.240. The quantitative estimate of drug-likeness (QED) is 0.741. The molecule has 0 aliphatic carbocycles. The Morgan fingerprint density at radius 1 is 1.40 bits per heavy atom. The molecule has 0 spiro atoms. The van der Waals surface area contributed by atoms with Crippen molar-refractivity contribution >= 4 is 21.7 Å². The number of ketones is 1. The summed E-state index contributed by atoms with van der Waals surface area (Å²) in [4.78, 5) is 11.8. The van der Waals surface area contributed by atoms with E-state index in [0.717, 1.165) is 22.0 Å². The number of aryl methyl sites for hydroxylation is 1. The standard InChI is InChI=1S/C13H17BrO/c1-9(2)4-7-13(15)11-6-5-10(3)12(14)8-11/h5-6,8-9H,4,7H2,1-3H3. The van der Waals surface area contributed by atoms with Crippen LogP contribution in [0, 0.1) is 12.8 Å². The maximum atomic E-state index is 11.8. The van der Waals surface area contributed by atoms with Gasteiger partial charge in [0.05, 0.1) is 0 Å². The Bertz CT molecular complexity index is 356. The van der Waals surface area contributed by atoms with E-state index in [0.29, 0.717) is 12.3 Å². The van der Waals surface area contributed by atoms with Crippen LogP contribution in [0.15, 0.2) is 22.7 Å². The van der Waals surface area contributed by atoms with Crippen molar-refractivity contribution in [3.8, 4) is 0 Å². The average Bonchev–Trinajstić information content (AvgIpc) is 2.18. The van der Waals surface area contributed by atoms with Gasteiger partial charge in [-0.25, -0.2) is 0 Å². The predicted molar refractivity (Wildman–Crippen MR) is 67.3 cm³/mol. The highest BCUT2D eigenvalue weighted by Crippen LogP contribution is 2.19. The summed E-state index contributed by atoms with van der Waals surface area (Å²) in [6, 6.07) is 5.80. The first-order valence-corrected chi connectivity index (χ1v) is 6.09. The van der Waals surface area contributed by atoms with E-state index in [4.69, 9.17) is 0 Å². The lowest BCUT2D eigenvalue weighted by Crippen LogP contribution is -2.01. The first kappa shape index (κ1) is 12.4. The van der Waals surface area contributed by atoms with Crippen LogP contribution in [0.2, 0.25) is 0 Å². The Morgan fingerprint density at radius 3 is 2.60 bits per heavy atom. The number of hydrogen-bond donors (Lipinski definition) is 0. The van der Waals surface area contributed by atoms with Crippen molar-refractivity contribution in [2.75, 3.05) is 0 Å². The molecule has 1 rings (SSSR count). The highest BCUT2D eigenvalue weighted by molar-refractivity contribution is 9.10. The van der Waals surface area contributed by atoms with Gasteiger partial charge in [-0.3, -0.25) is 4.79 Å². The molecule has 0 N–H and O–H groups in total. The van der Waals surface area contributed by atoms with Crippen LogP contribution in [-0.2, 0) is 0 Å². The Balaban J connectivity index is 2.70. The molecule has 0 heterocycles. The number of Topliss-reactive ketones (excluding diaryl/α,β-unsaturated/α-hetero) is 1. The van der Waals surface area contributed by atoms with Crippen LogP contribution in [0.5, 0.6) is 0 Å². The molecule has 0 aliphatic rings. The number of carbonyl (C=O) groups is 1. The SMILES string of the molecule is Cc1ccc(C(=O)CCC(C)C)cc1Br. The van der Waals surface area contributed by atoms with Crippen molar-refractivity contribution in [1.29, 1.82) is 0 Å². The molecular formula is C13H17BrO. The van der Waals surface area contributed by atoms with E-state index in [1.807, 2.05) is 25.1 Å². The van der Waals surface area contributed by atoms with Crippen LogP contribution in [0.1, 0.15) is 42.6 Å². The molecule has 0 unspecified atom stereocenters. The first-order chi connectivity index (χ1) is 7.00. The molecule has 1 aromatic carbocycles. The lowest BCUT2D eigenvalue weighted by atomic mass is 10.0. The third-order valence-electron chi connectivity index (χ3n) is 2.44. The smallest absolute Gasteiger partial charge is 0.162 e. The largest absolute Gasteiger partial charge is 0.294 e. The molecule has 1 aromatic rings. The van der Waals surface area contributed by atoms with Crippen molar-refractivity contribution in [2.45, 2.75) is 33.6 Å². The minimum Gasteiger partial charge on any atom is -0.294 e. The summed E-state index contributed by atoms with van der Waals surface area (Å²) in [6.45, 7) is 6.29. The van der Waals surface area contributed by atoms with E-state index in [1.54, 1.807) is 0 Å². The summed E-state index contributed by atoms with van der Waals surface area (Å²) in [5.41, 5.74) is 1.98. The molecule has 0 aliphatic heterocycles. The van der Waals surface area contributed by atoms with Crippen molar-refractivity contribution in [3.63, 3.8) is 0 Å². The van der Waals surface area contributed by atoms with Gasteiger partial charge in [0.25, 0.3) is 0 Å². The molecule has 82 valence electrons. The summed E-state index contributed by atoms with van der Waals surface area (Å²) in [6.07, 6.45) is 1.61. The average molecular weight is 269 g/mol. The normalized spacial score (nSPS) is 10.7. The zero-order valence-corrected chi connectivity index (χ0v) is 11.1. The van der Waals surface area contributed by atoms with E-state index in [9.17, 15) is 4.79 Å². The molecule has 0 radical (unpaired) electrons. The summed E-state index contributed by atoms with van der Waals surface area (Å²) in [7, 11) is 0. The summed E-state index contributed by atoms with van der Waals surface area (Å²) < 4.78 is 1.01. The van der Waals surface area contributed by atoms with Crippen molar-refractivity contribution in [1.82, 2.24) is 0 Å². The van der Waals surface area contributed by atoms with Crippen LogP contribution < -0.4 is 0 Å². The first-order valence-electron chi connectivity index (χ1n) is 5.30. The van der Waals surface area contributed by atoms with Crippen LogP contribution in [0.3, 0.4) is 0 Å². The van der Waals surface area contributed by atoms with Gasteiger partial charge in [-0.2, -0.15) is 0 Å². The highest BCUT2D eigenvalue weighted by atomic mass is 79.9. The third-order valence-corrected chi connectivity index (χ3v) is 3.30. The highest BCUT2D eigenvalue weighted by Gasteiger charge is 2.07. The van der Waals surface area contributed by atoms with Gasteiger partial charge in [0, 0.05) is 16.5 Å². The van der Waals surface area contributed by atoms with Gasteiger partial charge >= 0.3 is 0 Å². The predicted octanol–water partition coefficient (Wildman–Crippen LogP) is 4.38. The second-order valence-corrected chi connectivity index (χ2v) is 5.17. The van der Waals surface area contributed by atoms with Gasteiger partial charge in [-0.1, -0.05) is 41.9 Å². The summed E-state index contributed by atoms with van der Waals surface area (Å²) in [5, 5.41) is 0. The van der Waals surface area contributed by atoms with Gasteiger partial charge < -0.3 is 0 Å². The van der Waals surface area contributed by atoms with E-state index < -0.39 is 0 Å². The van der Waals surface area contributed by atoms with Crippen LogP contribution in [-0.4, -0.2) is 5.78 Å². The molecule has 1 nitrogen and oxygen atoms in total. The monoisotopic (exact) mass is 268 g/mol. The van der Waals surface area contributed by atoms with E-state index >= 15 is 0 Å². The van der Waals surface area contributed by atoms with Gasteiger partial charge in [0.1, 0.15) is 0 Å². The second kappa shape index (κ2) is 5.45. The van der Waals surface area contributed by atoms with Gasteiger partial charge in [0.15, 0.2) is 5.78 Å². The number of benzene rings is 1. The zero-order chi connectivity index (χ0) is 11.4.